The maximum Gasteiger partial charge on any atom is 0.244 e. The number of hydrogen-bond donors (Lipinski definition) is 1. The molecule has 24 heavy (non-hydrogen) atoms. The third kappa shape index (κ3) is 3.86. The molecule has 0 spiro atoms. The van der Waals surface area contributed by atoms with Crippen molar-refractivity contribution in [1.29, 1.82) is 0 Å². The van der Waals surface area contributed by atoms with E-state index in [2.05, 4.69) is 5.32 Å². The van der Waals surface area contributed by atoms with Crippen LogP contribution in [-0.4, -0.2) is 34.9 Å². The van der Waals surface area contributed by atoms with E-state index in [4.69, 9.17) is 4.74 Å². The van der Waals surface area contributed by atoms with E-state index in [-0.39, 0.29) is 23.9 Å². The molecule has 2 amide bonds. The lowest BCUT2D eigenvalue weighted by Crippen LogP contribution is -2.34. The number of carbonyl (C=O) groups excluding carboxylic acids is 2. The predicted octanol–water partition coefficient (Wildman–Crippen LogP) is 3.09. The fourth-order valence-electron chi connectivity index (χ4n) is 2.22. The van der Waals surface area contributed by atoms with E-state index >= 15 is 0 Å². The number of benzene rings is 2. The maximum absolute atomic E-state index is 14.1. The van der Waals surface area contributed by atoms with Crippen molar-refractivity contribution in [2.24, 2.45) is 0 Å². The van der Waals surface area contributed by atoms with Gasteiger partial charge in [0.2, 0.25) is 11.8 Å². The molecule has 0 radical (unpaired) electrons. The molecule has 0 saturated carbocycles. The summed E-state index contributed by atoms with van der Waals surface area (Å²) in [6.45, 7) is -0.106. The molecule has 1 heterocycles. The van der Waals surface area contributed by atoms with Gasteiger partial charge < -0.3 is 15.0 Å². The first kappa shape index (κ1) is 16.3. The van der Waals surface area contributed by atoms with Gasteiger partial charge in [0.1, 0.15) is 18.0 Å². The van der Waals surface area contributed by atoms with Crippen LogP contribution in [0.1, 0.15) is 0 Å². The second kappa shape index (κ2) is 7.35. The van der Waals surface area contributed by atoms with Gasteiger partial charge in [-0.2, -0.15) is 0 Å². The number of ether oxygens (including phenoxy) is 1. The molecule has 7 heteroatoms. The smallest absolute Gasteiger partial charge is 0.244 e. The fraction of sp³-hybridized carbons (Fsp3) is 0.176. The van der Waals surface area contributed by atoms with Gasteiger partial charge in [0.15, 0.2) is 11.6 Å². The van der Waals surface area contributed by atoms with E-state index < -0.39 is 11.7 Å². The molecule has 3 rings (SSSR count). The summed E-state index contributed by atoms with van der Waals surface area (Å²) in [5, 5.41) is 2.50. The molecule has 0 aliphatic carbocycles. The van der Waals surface area contributed by atoms with E-state index in [9.17, 15) is 14.0 Å². The van der Waals surface area contributed by atoms with Crippen molar-refractivity contribution >= 4 is 29.3 Å². The molecule has 5 nitrogen and oxygen atoms in total. The summed E-state index contributed by atoms with van der Waals surface area (Å²) in [4.78, 5) is 25.1. The topological polar surface area (TPSA) is 58.6 Å². The molecule has 1 fully saturated rings. The van der Waals surface area contributed by atoms with Gasteiger partial charge in [-0.1, -0.05) is 24.3 Å². The van der Waals surface area contributed by atoms with Crippen molar-refractivity contribution < 1.29 is 18.7 Å². The second-order valence-electron chi connectivity index (χ2n) is 5.15. The normalized spacial score (nSPS) is 13.9. The largest absolute Gasteiger partial charge is 0.455 e. The summed E-state index contributed by atoms with van der Waals surface area (Å²) in [6.07, 6.45) is 0. The first-order valence-electron chi connectivity index (χ1n) is 7.30. The zero-order valence-corrected chi connectivity index (χ0v) is 13.5. The van der Waals surface area contributed by atoms with Crippen LogP contribution in [0.3, 0.4) is 0 Å². The number of amides is 2. The SMILES string of the molecule is O=C(CN1CSCC1=O)Nc1c(F)cccc1Oc1ccccc1. The number of rotatable bonds is 5. The van der Waals surface area contributed by atoms with Gasteiger partial charge in [-0.3, -0.25) is 9.59 Å². The van der Waals surface area contributed by atoms with Crippen LogP contribution in [-0.2, 0) is 9.59 Å². The molecule has 1 aliphatic rings. The Hall–Kier alpha value is -2.54. The number of halogens is 1. The molecule has 2 aromatic rings. The van der Waals surface area contributed by atoms with Crippen LogP contribution in [0.15, 0.2) is 48.5 Å². The quantitative estimate of drug-likeness (QED) is 0.904. The lowest BCUT2D eigenvalue weighted by molar-refractivity contribution is -0.130. The number of anilines is 1. The standard InChI is InChI=1S/C17H15FN2O3S/c18-13-7-4-8-14(23-12-5-2-1-3-6-12)17(13)19-15(21)9-20-11-24-10-16(20)22/h1-8H,9-11H2,(H,19,21). The molecular formula is C17H15FN2O3S. The molecular weight excluding hydrogens is 331 g/mol. The van der Waals surface area contributed by atoms with Gasteiger partial charge in [-0.25, -0.2) is 4.39 Å². The van der Waals surface area contributed by atoms with E-state index in [1.165, 1.54) is 28.8 Å². The molecule has 0 atom stereocenters. The van der Waals surface area contributed by atoms with Crippen LogP contribution in [0.25, 0.3) is 0 Å². The summed E-state index contributed by atoms with van der Waals surface area (Å²) in [7, 11) is 0. The Bertz CT molecular complexity index is 755. The highest BCUT2D eigenvalue weighted by atomic mass is 32.2. The number of nitrogens with zero attached hydrogens (tertiary/aromatic N) is 1. The van der Waals surface area contributed by atoms with Gasteiger partial charge in [-0.15, -0.1) is 11.8 Å². The Balaban J connectivity index is 1.74. The lowest BCUT2D eigenvalue weighted by Gasteiger charge is -2.16. The molecule has 124 valence electrons. The highest BCUT2D eigenvalue weighted by Gasteiger charge is 2.24. The van der Waals surface area contributed by atoms with Crippen molar-refractivity contribution in [1.82, 2.24) is 4.90 Å². The highest BCUT2D eigenvalue weighted by Crippen LogP contribution is 2.31. The average Bonchev–Trinajstić information content (AvgIpc) is 2.97. The van der Waals surface area contributed by atoms with Gasteiger partial charge in [0, 0.05) is 0 Å². The molecule has 1 N–H and O–H groups in total. The predicted molar refractivity (Wildman–Crippen MR) is 90.6 cm³/mol. The molecule has 1 aliphatic heterocycles. The third-order valence-electron chi connectivity index (χ3n) is 3.37. The Morgan fingerprint density at radius 1 is 1.21 bits per heavy atom. The molecule has 2 aromatic carbocycles. The van der Waals surface area contributed by atoms with Crippen LogP contribution >= 0.6 is 11.8 Å². The number of carbonyl (C=O) groups is 2. The van der Waals surface area contributed by atoms with E-state index in [0.717, 1.165) is 0 Å². The Morgan fingerprint density at radius 3 is 2.71 bits per heavy atom. The highest BCUT2D eigenvalue weighted by molar-refractivity contribution is 8.00. The first-order chi connectivity index (χ1) is 11.6. The molecule has 0 aromatic heterocycles. The Labute approximate surface area is 142 Å². The van der Waals surface area contributed by atoms with Crippen molar-refractivity contribution in [3.8, 4) is 11.5 Å². The van der Waals surface area contributed by atoms with E-state index in [0.29, 0.717) is 17.4 Å². The molecule has 1 saturated heterocycles. The minimum atomic E-state index is -0.598. The van der Waals surface area contributed by atoms with Crippen LogP contribution in [0, 0.1) is 5.82 Å². The van der Waals surface area contributed by atoms with Gasteiger partial charge in [0.25, 0.3) is 0 Å². The van der Waals surface area contributed by atoms with E-state index in [1.807, 2.05) is 6.07 Å². The van der Waals surface area contributed by atoms with Gasteiger partial charge in [0.05, 0.1) is 11.6 Å². The summed E-state index contributed by atoms with van der Waals surface area (Å²) in [5.74, 6) is 0.422. The monoisotopic (exact) mass is 346 g/mol. The molecule has 0 bridgehead atoms. The van der Waals surface area contributed by atoms with Gasteiger partial charge >= 0.3 is 0 Å². The maximum atomic E-state index is 14.1. The minimum Gasteiger partial charge on any atom is -0.455 e. The minimum absolute atomic E-state index is 0.0364. The zero-order chi connectivity index (χ0) is 16.9. The van der Waals surface area contributed by atoms with Crippen LogP contribution in [0.4, 0.5) is 10.1 Å². The Morgan fingerprint density at radius 2 is 2.00 bits per heavy atom. The van der Waals surface area contributed by atoms with Crippen LogP contribution in [0.2, 0.25) is 0 Å². The third-order valence-corrected chi connectivity index (χ3v) is 4.32. The zero-order valence-electron chi connectivity index (χ0n) is 12.7. The molecule has 0 unspecified atom stereocenters. The van der Waals surface area contributed by atoms with E-state index in [1.54, 1.807) is 30.3 Å². The number of hydrogen-bond acceptors (Lipinski definition) is 4. The Kier molecular flexibility index (Phi) is 5.00. The lowest BCUT2D eigenvalue weighted by atomic mass is 10.2. The summed E-state index contributed by atoms with van der Waals surface area (Å²) < 4.78 is 19.8. The average molecular weight is 346 g/mol. The van der Waals surface area contributed by atoms with Crippen molar-refractivity contribution in [3.05, 3.63) is 54.3 Å². The fourth-order valence-corrected chi connectivity index (χ4v) is 3.12. The summed E-state index contributed by atoms with van der Waals surface area (Å²) >= 11 is 1.44. The summed E-state index contributed by atoms with van der Waals surface area (Å²) in [6, 6.07) is 13.2. The number of thioether (sulfide) groups is 1. The van der Waals surface area contributed by atoms with Crippen molar-refractivity contribution in [3.63, 3.8) is 0 Å². The van der Waals surface area contributed by atoms with Crippen LogP contribution in [0.5, 0.6) is 11.5 Å². The van der Waals surface area contributed by atoms with Crippen LogP contribution < -0.4 is 10.1 Å². The number of nitrogens with one attached hydrogen (secondary N) is 1. The number of para-hydroxylation sites is 2. The first-order valence-corrected chi connectivity index (χ1v) is 8.46. The van der Waals surface area contributed by atoms with Gasteiger partial charge in [-0.05, 0) is 24.3 Å². The second-order valence-corrected chi connectivity index (χ2v) is 6.10. The van der Waals surface area contributed by atoms with Crippen molar-refractivity contribution in [2.75, 3.05) is 23.5 Å². The summed E-state index contributed by atoms with van der Waals surface area (Å²) in [5.41, 5.74) is -0.0364. The van der Waals surface area contributed by atoms with Crippen molar-refractivity contribution in [2.45, 2.75) is 0 Å².